The van der Waals surface area contributed by atoms with E-state index in [-0.39, 0.29) is 6.42 Å². The summed E-state index contributed by atoms with van der Waals surface area (Å²) in [4.78, 5) is 43.7. The first kappa shape index (κ1) is 16.9. The Hall–Kier alpha value is -3.18. The van der Waals surface area contributed by atoms with Gasteiger partial charge in [-0.1, -0.05) is 30.3 Å². The summed E-state index contributed by atoms with van der Waals surface area (Å²) in [6.45, 7) is -0.890. The first-order valence-electron chi connectivity index (χ1n) is 5.82. The zero-order valence-electron chi connectivity index (χ0n) is 11.0. The highest BCUT2D eigenvalue weighted by molar-refractivity contribution is 5.15. The molecule has 0 aliphatic heterocycles. The van der Waals surface area contributed by atoms with Gasteiger partial charge in [0.15, 0.2) is 6.10 Å². The molecule has 0 aliphatic carbocycles. The van der Waals surface area contributed by atoms with Crippen molar-refractivity contribution in [1.82, 2.24) is 0 Å². The maximum atomic E-state index is 10.5. The minimum Gasteiger partial charge on any atom is -0.311 e. The topological polar surface area (TPSA) is 157 Å². The van der Waals surface area contributed by atoms with Crippen LogP contribution in [-0.2, 0) is 20.9 Å². The van der Waals surface area contributed by atoms with Gasteiger partial charge >= 0.3 is 0 Å². The lowest BCUT2D eigenvalue weighted by molar-refractivity contribution is -0.810. The standard InChI is InChI=1S/C10H11N3O9/c14-11(15)20-7-10(22-13(18)19)9(21-12(16)17)6-8-4-2-1-3-5-8/h1-5,9-10H,6-7H2/t9-,10-/m1/s1. The average Bonchev–Trinajstić information content (AvgIpc) is 2.43. The smallest absolute Gasteiger partial charge is 0.294 e. The molecule has 1 aromatic rings. The molecule has 0 unspecified atom stereocenters. The summed E-state index contributed by atoms with van der Waals surface area (Å²) in [5.74, 6) is 0. The molecule has 22 heavy (non-hydrogen) atoms. The summed E-state index contributed by atoms with van der Waals surface area (Å²) < 4.78 is 0. The Labute approximate surface area is 122 Å². The molecule has 0 saturated heterocycles. The molecule has 0 N–H and O–H groups in total. The predicted molar refractivity (Wildman–Crippen MR) is 66.8 cm³/mol. The van der Waals surface area contributed by atoms with Crippen LogP contribution in [0.15, 0.2) is 30.3 Å². The van der Waals surface area contributed by atoms with Crippen molar-refractivity contribution in [3.8, 4) is 0 Å². The SMILES string of the molecule is O=[N+]([O-])OC[C@@H](O[N+](=O)[O-])[C@@H](Cc1ccccc1)O[N+](=O)[O-]. The lowest BCUT2D eigenvalue weighted by Gasteiger charge is -2.22. The molecule has 12 nitrogen and oxygen atoms in total. The van der Waals surface area contributed by atoms with Gasteiger partial charge in [0, 0.05) is 6.42 Å². The minimum absolute atomic E-state index is 0.137. The van der Waals surface area contributed by atoms with Crippen LogP contribution in [0.3, 0.4) is 0 Å². The number of benzene rings is 1. The molecule has 0 radical (unpaired) electrons. The van der Waals surface area contributed by atoms with Crippen molar-refractivity contribution < 1.29 is 29.8 Å². The van der Waals surface area contributed by atoms with Gasteiger partial charge in [-0.15, -0.1) is 30.3 Å². The number of nitrogens with zero attached hydrogens (tertiary/aromatic N) is 3. The average molecular weight is 317 g/mol. The normalized spacial score (nSPS) is 12.7. The third-order valence-electron chi connectivity index (χ3n) is 2.48. The van der Waals surface area contributed by atoms with Crippen molar-refractivity contribution in [3.63, 3.8) is 0 Å². The Morgan fingerprint density at radius 1 is 0.864 bits per heavy atom. The van der Waals surface area contributed by atoms with Crippen LogP contribution in [0.4, 0.5) is 0 Å². The quantitative estimate of drug-likeness (QED) is 0.444. The lowest BCUT2D eigenvalue weighted by atomic mass is 10.0. The van der Waals surface area contributed by atoms with Gasteiger partial charge in [-0.2, -0.15) is 0 Å². The van der Waals surface area contributed by atoms with Gasteiger partial charge < -0.3 is 14.5 Å². The van der Waals surface area contributed by atoms with E-state index in [1.807, 2.05) is 0 Å². The third kappa shape index (κ3) is 6.31. The van der Waals surface area contributed by atoms with Crippen molar-refractivity contribution in [2.75, 3.05) is 6.61 Å². The van der Waals surface area contributed by atoms with E-state index in [2.05, 4.69) is 14.5 Å². The first-order valence-corrected chi connectivity index (χ1v) is 5.82. The van der Waals surface area contributed by atoms with E-state index in [1.54, 1.807) is 30.3 Å². The van der Waals surface area contributed by atoms with Crippen LogP contribution in [0.25, 0.3) is 0 Å². The Balaban J connectivity index is 2.88. The zero-order chi connectivity index (χ0) is 16.5. The van der Waals surface area contributed by atoms with E-state index in [1.165, 1.54) is 0 Å². The van der Waals surface area contributed by atoms with Crippen LogP contribution in [0.5, 0.6) is 0 Å². The summed E-state index contributed by atoms with van der Waals surface area (Å²) in [5.41, 5.74) is 0.562. The van der Waals surface area contributed by atoms with Crippen molar-refractivity contribution in [2.45, 2.75) is 18.6 Å². The molecular formula is C10H11N3O9. The summed E-state index contributed by atoms with van der Waals surface area (Å²) >= 11 is 0. The molecule has 0 saturated carbocycles. The molecule has 12 heteroatoms. The van der Waals surface area contributed by atoms with E-state index in [0.717, 1.165) is 0 Å². The second-order valence-corrected chi connectivity index (χ2v) is 3.94. The van der Waals surface area contributed by atoms with Crippen molar-refractivity contribution in [2.24, 2.45) is 0 Å². The van der Waals surface area contributed by atoms with Gasteiger partial charge in [-0.05, 0) is 5.56 Å². The summed E-state index contributed by atoms with van der Waals surface area (Å²) in [5, 5.41) is 27.5. The Kier molecular flexibility index (Phi) is 6.28. The first-order chi connectivity index (χ1) is 10.4. The van der Waals surface area contributed by atoms with Gasteiger partial charge in [0.2, 0.25) is 0 Å². The zero-order valence-corrected chi connectivity index (χ0v) is 11.0. The van der Waals surface area contributed by atoms with Crippen molar-refractivity contribution >= 4 is 0 Å². The lowest BCUT2D eigenvalue weighted by Crippen LogP contribution is -2.40. The molecule has 0 heterocycles. The largest absolute Gasteiger partial charge is 0.311 e. The Morgan fingerprint density at radius 2 is 1.41 bits per heavy atom. The van der Waals surface area contributed by atoms with E-state index < -0.39 is 34.1 Å². The molecular weight excluding hydrogens is 306 g/mol. The molecule has 0 spiro atoms. The highest BCUT2D eigenvalue weighted by Crippen LogP contribution is 2.13. The van der Waals surface area contributed by atoms with E-state index in [4.69, 9.17) is 0 Å². The second kappa shape index (κ2) is 8.18. The maximum absolute atomic E-state index is 10.5. The van der Waals surface area contributed by atoms with Crippen LogP contribution in [0.2, 0.25) is 0 Å². The number of rotatable bonds is 10. The van der Waals surface area contributed by atoms with Crippen molar-refractivity contribution in [3.05, 3.63) is 66.2 Å². The summed E-state index contributed by atoms with van der Waals surface area (Å²) in [6, 6.07) is 8.21. The van der Waals surface area contributed by atoms with Gasteiger partial charge in [0.25, 0.3) is 15.3 Å². The fourth-order valence-corrected chi connectivity index (χ4v) is 1.64. The van der Waals surface area contributed by atoms with Crippen LogP contribution in [0.1, 0.15) is 5.56 Å². The number of hydrogen-bond acceptors (Lipinski definition) is 9. The van der Waals surface area contributed by atoms with Crippen LogP contribution >= 0.6 is 0 Å². The highest BCUT2D eigenvalue weighted by atomic mass is 17.0. The molecule has 0 aliphatic rings. The van der Waals surface area contributed by atoms with Gasteiger partial charge in [-0.25, -0.2) is 0 Å². The molecule has 0 bridgehead atoms. The molecule has 1 rings (SSSR count). The fourth-order valence-electron chi connectivity index (χ4n) is 1.64. The third-order valence-corrected chi connectivity index (χ3v) is 2.48. The van der Waals surface area contributed by atoms with E-state index in [9.17, 15) is 30.3 Å². The highest BCUT2D eigenvalue weighted by Gasteiger charge is 2.30. The molecule has 0 amide bonds. The van der Waals surface area contributed by atoms with E-state index in [0.29, 0.717) is 5.56 Å². The molecule has 120 valence electrons. The van der Waals surface area contributed by atoms with E-state index >= 15 is 0 Å². The van der Waals surface area contributed by atoms with Gasteiger partial charge in [-0.3, -0.25) is 0 Å². The monoisotopic (exact) mass is 317 g/mol. The molecule has 0 aromatic heterocycles. The minimum atomic E-state index is -1.65. The molecule has 1 aromatic carbocycles. The predicted octanol–water partition coefficient (Wildman–Crippen LogP) is 0.591. The second-order valence-electron chi connectivity index (χ2n) is 3.94. The summed E-state index contributed by atoms with van der Waals surface area (Å²) in [6.07, 6.45) is -3.24. The van der Waals surface area contributed by atoms with Gasteiger partial charge in [0.1, 0.15) is 12.7 Å². The van der Waals surface area contributed by atoms with Crippen molar-refractivity contribution in [1.29, 1.82) is 0 Å². The van der Waals surface area contributed by atoms with Crippen LogP contribution < -0.4 is 0 Å². The molecule has 0 fully saturated rings. The summed E-state index contributed by atoms with van der Waals surface area (Å²) in [7, 11) is 0. The Morgan fingerprint density at radius 3 is 1.91 bits per heavy atom. The van der Waals surface area contributed by atoms with Crippen LogP contribution in [0, 0.1) is 30.3 Å². The maximum Gasteiger partial charge on any atom is 0.294 e. The Bertz CT molecular complexity index is 524. The van der Waals surface area contributed by atoms with Gasteiger partial charge in [0.05, 0.1) is 0 Å². The fraction of sp³-hybridized carbons (Fsp3) is 0.400. The number of hydrogen-bond donors (Lipinski definition) is 0. The molecule has 2 atom stereocenters. The van der Waals surface area contributed by atoms with Crippen LogP contribution in [-0.4, -0.2) is 34.1 Å².